The number of likely N-dealkylation sites (N-methyl/N-ethyl adjacent to an activating group) is 1. The number of benzene rings is 2. The van der Waals surface area contributed by atoms with Gasteiger partial charge in [0.2, 0.25) is 0 Å². The van der Waals surface area contributed by atoms with Crippen molar-refractivity contribution in [3.05, 3.63) is 78.4 Å². The standard InChI is InChI=1S/C23H27NOSe/c1-3-24(4-2)22(25)23(19-12-7-5-8-13-19)18-20(23)14-11-17-26-21-15-9-6-10-16-21/h5-16,20H,3-4,17-18H2,1-2H3/b14-11+/t20-,23-/m1/s1. The molecule has 0 aromatic heterocycles. The van der Waals surface area contributed by atoms with Crippen LogP contribution in [-0.4, -0.2) is 38.9 Å². The summed E-state index contributed by atoms with van der Waals surface area (Å²) in [6.07, 6.45) is 5.51. The third-order valence-electron chi connectivity index (χ3n) is 5.19. The number of nitrogens with zero attached hydrogens (tertiary/aromatic N) is 1. The van der Waals surface area contributed by atoms with Gasteiger partial charge < -0.3 is 0 Å². The zero-order chi connectivity index (χ0) is 18.4. The summed E-state index contributed by atoms with van der Waals surface area (Å²) in [4.78, 5) is 15.2. The quantitative estimate of drug-likeness (QED) is 0.477. The van der Waals surface area contributed by atoms with Gasteiger partial charge in [0.25, 0.3) is 0 Å². The topological polar surface area (TPSA) is 20.3 Å². The Labute approximate surface area is 163 Å². The molecule has 2 atom stereocenters. The molecule has 2 nitrogen and oxygen atoms in total. The van der Waals surface area contributed by atoms with Crippen LogP contribution < -0.4 is 4.46 Å². The summed E-state index contributed by atoms with van der Waals surface area (Å²) in [5.41, 5.74) is 0.823. The molecule has 0 saturated heterocycles. The van der Waals surface area contributed by atoms with Crippen molar-refractivity contribution in [3.63, 3.8) is 0 Å². The van der Waals surface area contributed by atoms with Crippen LogP contribution in [0.5, 0.6) is 0 Å². The van der Waals surface area contributed by atoms with Crippen LogP contribution in [0.15, 0.2) is 72.8 Å². The van der Waals surface area contributed by atoms with Crippen molar-refractivity contribution in [2.75, 3.05) is 13.1 Å². The molecule has 1 aliphatic rings. The van der Waals surface area contributed by atoms with Crippen molar-refractivity contribution >= 4 is 25.3 Å². The molecular weight excluding hydrogens is 385 g/mol. The zero-order valence-corrected chi connectivity index (χ0v) is 17.3. The van der Waals surface area contributed by atoms with Gasteiger partial charge in [0.05, 0.1) is 0 Å². The molecule has 0 spiro atoms. The summed E-state index contributed by atoms with van der Waals surface area (Å²) >= 11 is 0.463. The molecule has 26 heavy (non-hydrogen) atoms. The van der Waals surface area contributed by atoms with Gasteiger partial charge in [-0.15, -0.1) is 0 Å². The maximum atomic E-state index is 13.3. The molecule has 0 radical (unpaired) electrons. The van der Waals surface area contributed by atoms with Crippen LogP contribution in [0.25, 0.3) is 0 Å². The van der Waals surface area contributed by atoms with E-state index >= 15 is 0 Å². The van der Waals surface area contributed by atoms with Crippen LogP contribution in [0, 0.1) is 5.92 Å². The van der Waals surface area contributed by atoms with Crippen molar-refractivity contribution in [3.8, 4) is 0 Å². The molecule has 136 valence electrons. The second-order valence-corrected chi connectivity index (χ2v) is 8.97. The van der Waals surface area contributed by atoms with E-state index in [9.17, 15) is 4.79 Å². The summed E-state index contributed by atoms with van der Waals surface area (Å²) in [7, 11) is 0. The molecule has 0 bridgehead atoms. The Morgan fingerprint density at radius 1 is 1.08 bits per heavy atom. The Kier molecular flexibility index (Phi) is 6.34. The van der Waals surface area contributed by atoms with Crippen LogP contribution in [0.3, 0.4) is 0 Å². The molecule has 1 fully saturated rings. The van der Waals surface area contributed by atoms with Crippen LogP contribution in [0.4, 0.5) is 0 Å². The number of hydrogen-bond donors (Lipinski definition) is 0. The minimum absolute atomic E-state index is 0.289. The Hall–Kier alpha value is -1.83. The molecule has 1 saturated carbocycles. The van der Waals surface area contributed by atoms with E-state index in [1.54, 1.807) is 0 Å². The van der Waals surface area contributed by atoms with E-state index in [0.29, 0.717) is 20.9 Å². The van der Waals surface area contributed by atoms with Crippen LogP contribution in [0.2, 0.25) is 5.32 Å². The number of hydrogen-bond acceptors (Lipinski definition) is 1. The van der Waals surface area contributed by atoms with Crippen molar-refractivity contribution in [1.29, 1.82) is 0 Å². The molecule has 0 aliphatic heterocycles. The van der Waals surface area contributed by atoms with Crippen molar-refractivity contribution in [1.82, 2.24) is 4.90 Å². The molecule has 0 unspecified atom stereocenters. The number of allylic oxidation sites excluding steroid dienone is 2. The van der Waals surface area contributed by atoms with E-state index in [4.69, 9.17) is 0 Å². The van der Waals surface area contributed by atoms with E-state index in [-0.39, 0.29) is 11.3 Å². The van der Waals surface area contributed by atoms with E-state index < -0.39 is 0 Å². The average molecular weight is 412 g/mol. The van der Waals surface area contributed by atoms with Gasteiger partial charge in [-0.3, -0.25) is 0 Å². The summed E-state index contributed by atoms with van der Waals surface area (Å²) in [6.45, 7) is 5.68. The zero-order valence-electron chi connectivity index (χ0n) is 15.6. The van der Waals surface area contributed by atoms with E-state index in [2.05, 4.69) is 68.5 Å². The molecular formula is C23H27NOSe. The van der Waals surface area contributed by atoms with Crippen LogP contribution >= 0.6 is 0 Å². The molecule has 0 heterocycles. The fourth-order valence-corrected chi connectivity index (χ4v) is 5.20. The first-order chi connectivity index (χ1) is 12.7. The number of carbonyl (C=O) groups is 1. The molecule has 0 N–H and O–H groups in total. The molecule has 3 heteroatoms. The third kappa shape index (κ3) is 3.95. The Bertz CT molecular complexity index is 739. The van der Waals surface area contributed by atoms with Gasteiger partial charge >= 0.3 is 163 Å². The molecule has 1 aliphatic carbocycles. The molecule has 2 aromatic rings. The fourth-order valence-electron chi connectivity index (χ4n) is 3.63. The Balaban J connectivity index is 1.71. The van der Waals surface area contributed by atoms with Crippen molar-refractivity contribution in [2.45, 2.75) is 31.0 Å². The molecule has 1 amide bonds. The van der Waals surface area contributed by atoms with Gasteiger partial charge in [-0.25, -0.2) is 0 Å². The van der Waals surface area contributed by atoms with E-state index in [1.807, 2.05) is 23.1 Å². The summed E-state index contributed by atoms with van der Waals surface area (Å²) in [5, 5.41) is 1.08. The van der Waals surface area contributed by atoms with Crippen LogP contribution in [-0.2, 0) is 10.2 Å². The van der Waals surface area contributed by atoms with Gasteiger partial charge in [0, 0.05) is 0 Å². The van der Waals surface area contributed by atoms with Crippen LogP contribution in [0.1, 0.15) is 25.8 Å². The predicted molar refractivity (Wildman–Crippen MR) is 110 cm³/mol. The first kappa shape index (κ1) is 18.9. The van der Waals surface area contributed by atoms with Crippen molar-refractivity contribution in [2.24, 2.45) is 5.92 Å². The van der Waals surface area contributed by atoms with Gasteiger partial charge in [-0.2, -0.15) is 0 Å². The van der Waals surface area contributed by atoms with Gasteiger partial charge in [0.15, 0.2) is 0 Å². The fraction of sp³-hybridized carbons (Fsp3) is 0.348. The second kappa shape index (κ2) is 8.70. The average Bonchev–Trinajstić information content (AvgIpc) is 3.43. The van der Waals surface area contributed by atoms with Gasteiger partial charge in [-0.1, -0.05) is 0 Å². The maximum absolute atomic E-state index is 13.3. The predicted octanol–water partition coefficient (Wildman–Crippen LogP) is 3.82. The second-order valence-electron chi connectivity index (χ2n) is 6.68. The third-order valence-corrected chi connectivity index (χ3v) is 7.22. The first-order valence-electron chi connectivity index (χ1n) is 9.41. The Morgan fingerprint density at radius 2 is 1.69 bits per heavy atom. The normalized spacial score (nSPS) is 21.7. The summed E-state index contributed by atoms with van der Waals surface area (Å²) < 4.78 is 1.42. The van der Waals surface area contributed by atoms with E-state index in [1.165, 1.54) is 10.0 Å². The summed E-state index contributed by atoms with van der Waals surface area (Å²) in [6, 6.07) is 21.0. The number of carbonyl (C=O) groups excluding carboxylic acids is 1. The van der Waals surface area contributed by atoms with E-state index in [0.717, 1.165) is 24.8 Å². The number of amides is 1. The molecule has 3 rings (SSSR count). The van der Waals surface area contributed by atoms with Gasteiger partial charge in [0.1, 0.15) is 0 Å². The molecule has 2 aromatic carbocycles. The summed E-state index contributed by atoms with van der Waals surface area (Å²) in [5.74, 6) is 0.612. The monoisotopic (exact) mass is 413 g/mol. The SMILES string of the molecule is CCN(CC)C(=O)[C@@]1(c2ccccc2)C[C@H]1/C=C/C[Se]c1ccccc1. The van der Waals surface area contributed by atoms with Crippen molar-refractivity contribution < 1.29 is 4.79 Å². The first-order valence-corrected chi connectivity index (χ1v) is 11.5. The minimum atomic E-state index is -0.344. The number of rotatable bonds is 8. The Morgan fingerprint density at radius 3 is 2.31 bits per heavy atom. The van der Waals surface area contributed by atoms with Gasteiger partial charge in [-0.05, 0) is 0 Å².